The third kappa shape index (κ3) is 3.12. The standard InChI is InChI=1S/C10H14BrNO4S2/c1-15-10(4-5-16-7-10)6-12-18(13,14)9-3-2-8(11)17-9/h2-3,12H,4-7H2,1H3. The van der Waals surface area contributed by atoms with E-state index in [0.29, 0.717) is 23.8 Å². The van der Waals surface area contributed by atoms with Crippen LogP contribution in [0.3, 0.4) is 0 Å². The molecule has 5 nitrogen and oxygen atoms in total. The van der Waals surface area contributed by atoms with Crippen LogP contribution < -0.4 is 4.72 Å². The van der Waals surface area contributed by atoms with E-state index in [9.17, 15) is 8.42 Å². The molecule has 1 fully saturated rings. The fraction of sp³-hybridized carbons (Fsp3) is 0.600. The lowest BCUT2D eigenvalue weighted by Gasteiger charge is -2.25. The molecule has 0 radical (unpaired) electrons. The van der Waals surface area contributed by atoms with Gasteiger partial charge in [0, 0.05) is 26.7 Å². The van der Waals surface area contributed by atoms with E-state index in [-0.39, 0.29) is 6.54 Å². The predicted molar refractivity (Wildman–Crippen MR) is 72.4 cm³/mol. The summed E-state index contributed by atoms with van der Waals surface area (Å²) in [6, 6.07) is 3.28. The van der Waals surface area contributed by atoms with Crippen LogP contribution in [0, 0.1) is 0 Å². The molecule has 102 valence electrons. The van der Waals surface area contributed by atoms with Crippen molar-refractivity contribution in [2.45, 2.75) is 16.2 Å². The van der Waals surface area contributed by atoms with Gasteiger partial charge in [-0.3, -0.25) is 0 Å². The van der Waals surface area contributed by atoms with Crippen LogP contribution >= 0.6 is 27.3 Å². The van der Waals surface area contributed by atoms with Crippen molar-refractivity contribution in [3.63, 3.8) is 0 Å². The van der Waals surface area contributed by atoms with E-state index in [0.717, 1.165) is 3.79 Å². The van der Waals surface area contributed by atoms with Crippen LogP contribution in [-0.4, -0.2) is 40.9 Å². The lowest BCUT2D eigenvalue weighted by atomic mass is 10.0. The molecule has 1 aliphatic rings. The van der Waals surface area contributed by atoms with Crippen LogP contribution in [0.1, 0.15) is 6.42 Å². The summed E-state index contributed by atoms with van der Waals surface area (Å²) < 4.78 is 38.4. The summed E-state index contributed by atoms with van der Waals surface area (Å²) >= 11 is 4.43. The Morgan fingerprint density at radius 2 is 2.39 bits per heavy atom. The molecule has 1 aromatic rings. The molecular formula is C10H14BrNO4S2. The Bertz CT molecular complexity index is 508. The van der Waals surface area contributed by atoms with E-state index in [1.165, 1.54) is 11.3 Å². The highest BCUT2D eigenvalue weighted by atomic mass is 79.9. The van der Waals surface area contributed by atoms with E-state index < -0.39 is 15.6 Å². The second kappa shape index (κ2) is 5.56. The average Bonchev–Trinajstić information content (AvgIpc) is 2.96. The molecule has 0 saturated carbocycles. The Kier molecular flexibility index (Phi) is 4.45. The van der Waals surface area contributed by atoms with Gasteiger partial charge in [-0.15, -0.1) is 11.3 Å². The monoisotopic (exact) mass is 355 g/mol. The average molecular weight is 356 g/mol. The van der Waals surface area contributed by atoms with Gasteiger partial charge in [0.15, 0.2) is 0 Å². The summed E-state index contributed by atoms with van der Waals surface area (Å²) in [7, 11) is -1.90. The molecule has 1 N–H and O–H groups in total. The number of hydrogen-bond acceptors (Lipinski definition) is 5. The second-order valence-electron chi connectivity index (χ2n) is 4.07. The molecule has 0 aliphatic carbocycles. The van der Waals surface area contributed by atoms with Crippen molar-refractivity contribution in [3.8, 4) is 0 Å². The van der Waals surface area contributed by atoms with E-state index in [1.54, 1.807) is 19.2 Å². The van der Waals surface area contributed by atoms with Gasteiger partial charge in [0.05, 0.1) is 10.4 Å². The summed E-state index contributed by atoms with van der Waals surface area (Å²) in [6.07, 6.45) is 0.695. The Hall–Kier alpha value is 0.01000. The summed E-state index contributed by atoms with van der Waals surface area (Å²) in [4.78, 5) is 0. The molecule has 0 bridgehead atoms. The largest absolute Gasteiger partial charge is 0.378 e. The van der Waals surface area contributed by atoms with Crippen molar-refractivity contribution in [2.75, 3.05) is 26.9 Å². The smallest absolute Gasteiger partial charge is 0.250 e. The third-order valence-corrected chi connectivity index (χ3v) is 6.41. The topological polar surface area (TPSA) is 64.6 Å². The van der Waals surface area contributed by atoms with Crippen LogP contribution in [0.2, 0.25) is 0 Å². The van der Waals surface area contributed by atoms with Gasteiger partial charge in [-0.05, 0) is 28.1 Å². The first-order valence-electron chi connectivity index (χ1n) is 5.35. The van der Waals surface area contributed by atoms with Crippen molar-refractivity contribution in [2.24, 2.45) is 0 Å². The summed E-state index contributed by atoms with van der Waals surface area (Å²) in [5, 5.41) is 0. The molecule has 1 aliphatic heterocycles. The number of rotatable bonds is 5. The van der Waals surface area contributed by atoms with E-state index in [4.69, 9.17) is 9.47 Å². The minimum absolute atomic E-state index is 0.224. The van der Waals surface area contributed by atoms with Gasteiger partial charge in [0.2, 0.25) is 10.0 Å². The molecule has 2 rings (SSSR count). The summed E-state index contributed by atoms with van der Waals surface area (Å²) in [5.74, 6) is 0. The number of sulfonamides is 1. The van der Waals surface area contributed by atoms with Gasteiger partial charge in [-0.2, -0.15) is 0 Å². The summed E-state index contributed by atoms with van der Waals surface area (Å²) in [6.45, 7) is 1.24. The number of hydrogen-bond donors (Lipinski definition) is 1. The minimum atomic E-state index is -3.47. The Balaban J connectivity index is 2.05. The maximum absolute atomic E-state index is 12.0. The Labute approximate surface area is 119 Å². The van der Waals surface area contributed by atoms with Crippen LogP contribution in [0.15, 0.2) is 20.1 Å². The Morgan fingerprint density at radius 3 is 2.89 bits per heavy atom. The molecule has 8 heteroatoms. The van der Waals surface area contributed by atoms with Gasteiger partial charge in [-0.25, -0.2) is 13.1 Å². The van der Waals surface area contributed by atoms with Crippen LogP contribution in [0.25, 0.3) is 0 Å². The zero-order valence-electron chi connectivity index (χ0n) is 9.81. The van der Waals surface area contributed by atoms with E-state index in [1.807, 2.05) is 0 Å². The van der Waals surface area contributed by atoms with Gasteiger partial charge < -0.3 is 9.47 Å². The number of nitrogens with one attached hydrogen (secondary N) is 1. The molecule has 1 unspecified atom stereocenters. The Morgan fingerprint density at radius 1 is 1.61 bits per heavy atom. The molecule has 1 atom stereocenters. The highest BCUT2D eigenvalue weighted by Crippen LogP contribution is 2.27. The molecular weight excluding hydrogens is 342 g/mol. The molecule has 18 heavy (non-hydrogen) atoms. The molecule has 0 amide bonds. The van der Waals surface area contributed by atoms with E-state index >= 15 is 0 Å². The number of halogens is 1. The predicted octanol–water partition coefficient (Wildman–Crippen LogP) is 1.59. The van der Waals surface area contributed by atoms with Gasteiger partial charge in [-0.1, -0.05) is 0 Å². The maximum Gasteiger partial charge on any atom is 0.250 e. The fourth-order valence-electron chi connectivity index (χ4n) is 1.70. The molecule has 1 saturated heterocycles. The third-order valence-electron chi connectivity index (χ3n) is 2.90. The van der Waals surface area contributed by atoms with Gasteiger partial charge in [0.25, 0.3) is 0 Å². The van der Waals surface area contributed by atoms with Gasteiger partial charge >= 0.3 is 0 Å². The molecule has 1 aromatic heterocycles. The zero-order chi connectivity index (χ0) is 13.2. The number of thiophene rings is 1. The summed E-state index contributed by atoms with van der Waals surface area (Å²) in [5.41, 5.74) is -0.540. The quantitative estimate of drug-likeness (QED) is 0.870. The van der Waals surface area contributed by atoms with Crippen molar-refractivity contribution in [1.82, 2.24) is 4.72 Å². The highest BCUT2D eigenvalue weighted by Gasteiger charge is 2.36. The molecule has 0 aromatic carbocycles. The van der Waals surface area contributed by atoms with Crippen molar-refractivity contribution < 1.29 is 17.9 Å². The first kappa shape index (κ1) is 14.4. The fourth-order valence-corrected chi connectivity index (χ4v) is 4.87. The lowest BCUT2D eigenvalue weighted by Crippen LogP contribution is -2.44. The highest BCUT2D eigenvalue weighted by molar-refractivity contribution is 9.11. The van der Waals surface area contributed by atoms with Crippen LogP contribution in [0.5, 0.6) is 0 Å². The van der Waals surface area contributed by atoms with E-state index in [2.05, 4.69) is 20.7 Å². The zero-order valence-corrected chi connectivity index (χ0v) is 13.0. The second-order valence-corrected chi connectivity index (χ2v) is 8.53. The molecule has 0 spiro atoms. The first-order valence-corrected chi connectivity index (χ1v) is 8.45. The van der Waals surface area contributed by atoms with Crippen LogP contribution in [0.4, 0.5) is 0 Å². The first-order chi connectivity index (χ1) is 8.47. The number of ether oxygens (including phenoxy) is 2. The van der Waals surface area contributed by atoms with Crippen molar-refractivity contribution >= 4 is 37.3 Å². The lowest BCUT2D eigenvalue weighted by molar-refractivity contribution is -0.0120. The van der Waals surface area contributed by atoms with Gasteiger partial charge in [0.1, 0.15) is 9.81 Å². The van der Waals surface area contributed by atoms with Crippen molar-refractivity contribution in [1.29, 1.82) is 0 Å². The van der Waals surface area contributed by atoms with Crippen LogP contribution in [-0.2, 0) is 19.5 Å². The SMILES string of the molecule is COC1(CNS(=O)(=O)c2ccc(Br)s2)CCOC1. The normalized spacial score (nSPS) is 24.6. The number of methoxy groups -OCH3 is 1. The minimum Gasteiger partial charge on any atom is -0.378 e. The van der Waals surface area contributed by atoms with Crippen molar-refractivity contribution in [3.05, 3.63) is 15.9 Å². The maximum atomic E-state index is 12.0. The molecule has 2 heterocycles.